The number of aromatic nitrogens is 4. The highest BCUT2D eigenvalue weighted by molar-refractivity contribution is 7.44. The summed E-state index contributed by atoms with van der Waals surface area (Å²) in [5, 5.41) is 28.1. The zero-order valence-corrected chi connectivity index (χ0v) is 31.4. The minimum absolute atomic E-state index is 0.0776. The third-order valence-corrected chi connectivity index (χ3v) is 11.7. The maximum atomic E-state index is 13.5. The summed E-state index contributed by atoms with van der Waals surface area (Å²) in [5.74, 6) is 5.89. The second-order valence-corrected chi connectivity index (χ2v) is 15.1. The summed E-state index contributed by atoms with van der Waals surface area (Å²) in [6.07, 6.45) is 0.183. The van der Waals surface area contributed by atoms with Crippen LogP contribution in [-0.4, -0.2) is 80.9 Å². The second kappa shape index (κ2) is 16.2. The summed E-state index contributed by atoms with van der Waals surface area (Å²) in [6.45, 7) is 8.61. The number of carbonyl (C=O) groups excluding carboxylic acids is 1. The summed E-state index contributed by atoms with van der Waals surface area (Å²) in [4.78, 5) is 33.7. The van der Waals surface area contributed by atoms with E-state index in [-0.39, 0.29) is 60.9 Å². The molecule has 1 aliphatic rings. The Morgan fingerprint density at radius 3 is 2.65 bits per heavy atom. The van der Waals surface area contributed by atoms with Crippen molar-refractivity contribution in [1.82, 2.24) is 29.7 Å². The molecule has 0 radical (unpaired) electrons. The number of aliphatic hydroxyl groups excluding tert-OH is 1. The quantitative estimate of drug-likeness (QED) is 0.0510. The van der Waals surface area contributed by atoms with Crippen molar-refractivity contribution in [2.45, 2.75) is 77.5 Å². The van der Waals surface area contributed by atoms with Crippen LogP contribution in [0.3, 0.4) is 0 Å². The van der Waals surface area contributed by atoms with Crippen LogP contribution < -0.4 is 10.9 Å². The van der Waals surface area contributed by atoms with Crippen LogP contribution in [0.15, 0.2) is 65.7 Å². The predicted octanol–water partition coefficient (Wildman–Crippen LogP) is 6.13. The molecular formula is C40H42N7O6P. The van der Waals surface area contributed by atoms with Crippen LogP contribution in [0, 0.1) is 23.2 Å². The van der Waals surface area contributed by atoms with Crippen LogP contribution in [0.4, 0.5) is 0 Å². The van der Waals surface area contributed by atoms with E-state index < -0.39 is 32.5 Å². The van der Waals surface area contributed by atoms with Crippen LogP contribution in [0.5, 0.6) is 0 Å². The average molecular weight is 749 g/mol. The normalized spacial score (nSPS) is 18.2. The molecule has 14 heteroatoms. The number of hydrogen-bond donors (Lipinski definition) is 3. The average Bonchev–Trinajstić information content (AvgIpc) is 3.74. The largest absolute Gasteiger partial charge is 0.394 e. The maximum Gasteiger partial charge on any atom is 0.263 e. The lowest BCUT2D eigenvalue weighted by atomic mass is 9.91. The molecule has 6 aromatic rings. The van der Waals surface area contributed by atoms with Crippen molar-refractivity contribution in [2.75, 3.05) is 19.8 Å². The molecule has 4 atom stereocenters. The van der Waals surface area contributed by atoms with Crippen LogP contribution in [0.1, 0.15) is 69.2 Å². The number of ether oxygens (including phenoxy) is 1. The number of nitriles is 1. The topological polar surface area (TPSA) is 168 Å². The van der Waals surface area contributed by atoms with Gasteiger partial charge < -0.3 is 29.2 Å². The van der Waals surface area contributed by atoms with Gasteiger partial charge in [0.15, 0.2) is 17.6 Å². The number of aliphatic hydroxyl groups is 1. The Bertz CT molecular complexity index is 2480. The summed E-state index contributed by atoms with van der Waals surface area (Å²) in [5.41, 5.74) is 0.696. The van der Waals surface area contributed by atoms with Crippen LogP contribution in [-0.2, 0) is 13.8 Å². The van der Waals surface area contributed by atoms with Gasteiger partial charge in [-0.2, -0.15) is 10.4 Å². The first kappa shape index (κ1) is 36.0. The molecule has 2 aromatic heterocycles. The Hall–Kier alpha value is -4.98. The molecule has 13 nitrogen and oxygen atoms in total. The molecule has 0 spiro atoms. The lowest BCUT2D eigenvalue weighted by Crippen LogP contribution is -2.36. The van der Waals surface area contributed by atoms with Crippen LogP contribution >= 0.6 is 8.53 Å². The molecule has 1 saturated heterocycles. The Morgan fingerprint density at radius 2 is 1.89 bits per heavy atom. The van der Waals surface area contributed by atoms with Gasteiger partial charge in [0, 0.05) is 37.0 Å². The number of H-pyrrole nitrogens is 1. The van der Waals surface area contributed by atoms with Gasteiger partial charge in [-0.1, -0.05) is 54.5 Å². The molecule has 0 aliphatic carbocycles. The molecule has 54 heavy (non-hydrogen) atoms. The standard InChI is InChI=1S/C40H42N7O6P/c1-24(2)47(25(3)4)54(51-19-9-17-41)53-32-21-34(52-33(32)22-48)46-38-37(40(50)44-23-43-38)31(45-46)14-5-6-18-42-39(49)30-20-28-12-7-10-26-15-16-27-11-8-13-29(30)36(27)35(26)28/h7-8,10-13,15-16,20,23-25,32-34,48H,6,9,18-19,21-22H2,1-4H3,(H,42,49)(H,43,44,50)/t32?,33-,34-,54?/m1/s1/i48D. The maximum absolute atomic E-state index is 13.5. The van der Waals surface area contributed by atoms with Gasteiger partial charge in [0.25, 0.3) is 20.0 Å². The molecule has 3 heterocycles. The number of aromatic amines is 1. The van der Waals surface area contributed by atoms with E-state index in [4.69, 9.17) is 25.6 Å². The number of nitrogens with zero attached hydrogens (tertiary/aromatic N) is 5. The number of amides is 1. The number of rotatable bonds is 14. The SMILES string of the molecule is [2H]OC[C@H]1O[C@@H](n2nc(C#CCCNC(=O)c3cc4cccc5ccc6cccc3c6c54)c3c(=O)[nH]cnc32)CC1OP(OCCC#N)N(C(C)C)C(C)C. The van der Waals surface area contributed by atoms with E-state index in [9.17, 15) is 9.59 Å². The fraction of sp³-hybridized carbons (Fsp3) is 0.375. The first-order chi connectivity index (χ1) is 26.7. The lowest BCUT2D eigenvalue weighted by Gasteiger charge is -2.37. The molecule has 4 aromatic carbocycles. The minimum Gasteiger partial charge on any atom is -0.394 e. The second-order valence-electron chi connectivity index (χ2n) is 13.7. The highest BCUT2D eigenvalue weighted by atomic mass is 31.2. The Morgan fingerprint density at radius 1 is 1.13 bits per heavy atom. The van der Waals surface area contributed by atoms with Crippen molar-refractivity contribution >= 4 is 57.8 Å². The summed E-state index contributed by atoms with van der Waals surface area (Å²) >= 11 is 0. The Balaban J connectivity index is 1.09. The third kappa shape index (κ3) is 7.27. The number of benzene rings is 4. The van der Waals surface area contributed by atoms with E-state index in [1.807, 2.05) is 58.0 Å². The van der Waals surface area contributed by atoms with Crippen molar-refractivity contribution < 1.29 is 23.7 Å². The lowest BCUT2D eigenvalue weighted by molar-refractivity contribution is -0.0451. The van der Waals surface area contributed by atoms with Crippen LogP contribution in [0.2, 0.25) is 0 Å². The molecule has 0 bridgehead atoms. The summed E-state index contributed by atoms with van der Waals surface area (Å²) < 4.78 is 30.1. The van der Waals surface area contributed by atoms with Gasteiger partial charge in [0.1, 0.15) is 11.5 Å². The zero-order chi connectivity index (χ0) is 38.6. The predicted molar refractivity (Wildman–Crippen MR) is 208 cm³/mol. The van der Waals surface area contributed by atoms with E-state index in [0.29, 0.717) is 18.4 Å². The molecule has 3 N–H and O–H groups in total. The Labute approximate surface area is 315 Å². The molecule has 2 unspecified atom stereocenters. The van der Waals surface area contributed by atoms with Crippen molar-refractivity contribution in [3.8, 4) is 17.9 Å². The van der Waals surface area contributed by atoms with Gasteiger partial charge in [-0.05, 0) is 72.0 Å². The van der Waals surface area contributed by atoms with Gasteiger partial charge in [0.2, 0.25) is 1.43 Å². The molecular weight excluding hydrogens is 705 g/mol. The van der Waals surface area contributed by atoms with Crippen LogP contribution in [0.25, 0.3) is 43.4 Å². The van der Waals surface area contributed by atoms with Gasteiger partial charge in [-0.25, -0.2) is 14.3 Å². The van der Waals surface area contributed by atoms with Gasteiger partial charge in [-0.15, -0.1) is 0 Å². The van der Waals surface area contributed by atoms with Crippen molar-refractivity contribution in [3.63, 3.8) is 0 Å². The number of hydrogen-bond acceptors (Lipinski definition) is 10. The van der Waals surface area contributed by atoms with E-state index >= 15 is 0 Å². The molecule has 1 fully saturated rings. The third-order valence-electron chi connectivity index (χ3n) is 9.50. The highest BCUT2D eigenvalue weighted by Crippen LogP contribution is 2.50. The minimum atomic E-state index is -1.60. The zero-order valence-electron chi connectivity index (χ0n) is 31.5. The summed E-state index contributed by atoms with van der Waals surface area (Å²) in [7, 11) is -1.60. The number of carbonyl (C=O) groups is 1. The first-order valence-corrected chi connectivity index (χ1v) is 19.2. The number of nitrogens with one attached hydrogen (secondary N) is 2. The molecule has 7 rings (SSSR count). The monoisotopic (exact) mass is 748 g/mol. The van der Waals surface area contributed by atoms with Gasteiger partial charge in [0.05, 0.1) is 38.1 Å². The molecule has 1 aliphatic heterocycles. The van der Waals surface area contributed by atoms with Crippen molar-refractivity contribution in [1.29, 1.82) is 6.69 Å². The van der Waals surface area contributed by atoms with E-state index in [1.54, 1.807) is 0 Å². The van der Waals surface area contributed by atoms with Gasteiger partial charge >= 0.3 is 0 Å². The first-order valence-electron chi connectivity index (χ1n) is 18.5. The highest BCUT2D eigenvalue weighted by Gasteiger charge is 2.42. The van der Waals surface area contributed by atoms with E-state index in [0.717, 1.165) is 32.3 Å². The number of fused-ring (bicyclic) bond motifs is 1. The van der Waals surface area contributed by atoms with Crippen molar-refractivity contribution in [2.24, 2.45) is 0 Å². The fourth-order valence-corrected chi connectivity index (χ4v) is 8.98. The van der Waals surface area contributed by atoms with E-state index in [2.05, 4.69) is 67.2 Å². The Kier molecular flexibility index (Phi) is 10.8. The molecule has 1 amide bonds. The smallest absolute Gasteiger partial charge is 0.263 e. The van der Waals surface area contributed by atoms with E-state index in [1.165, 1.54) is 11.0 Å². The van der Waals surface area contributed by atoms with Crippen molar-refractivity contribution in [3.05, 3.63) is 82.5 Å². The molecule has 0 saturated carbocycles. The van der Waals surface area contributed by atoms with Gasteiger partial charge in [-0.3, -0.25) is 9.59 Å². The molecule has 278 valence electrons. The summed E-state index contributed by atoms with van der Waals surface area (Å²) in [6, 6.07) is 20.5. The fourth-order valence-electron chi connectivity index (χ4n) is 7.22.